The number of nitrogens with zero attached hydrogens (tertiary/aromatic N) is 1. The Bertz CT molecular complexity index is 1260. The Hall–Kier alpha value is -2.80. The van der Waals surface area contributed by atoms with Crippen molar-refractivity contribution in [1.29, 1.82) is 0 Å². The fourth-order valence-electron chi connectivity index (χ4n) is 3.48. The largest absolute Gasteiger partial charge is 0.350 e. The van der Waals surface area contributed by atoms with Crippen LogP contribution in [0.15, 0.2) is 82.2 Å². The smallest absolute Gasteiger partial charge is 0.283 e. The molecule has 4 rings (SSSR count). The Morgan fingerprint density at radius 3 is 2.29 bits per heavy atom. The van der Waals surface area contributed by atoms with E-state index in [1.54, 1.807) is 36.4 Å². The summed E-state index contributed by atoms with van der Waals surface area (Å²) in [6.45, 7) is 2.13. The number of rotatable bonds is 8. The van der Waals surface area contributed by atoms with Crippen LogP contribution in [0.5, 0.6) is 0 Å². The average Bonchev–Trinajstić information content (AvgIpc) is 3.05. The van der Waals surface area contributed by atoms with Crippen LogP contribution in [0.2, 0.25) is 10.0 Å². The molecular weight excluding hydrogens is 494 g/mol. The summed E-state index contributed by atoms with van der Waals surface area (Å²) < 4.78 is 13.6. The first kappa shape index (κ1) is 24.3. The predicted molar refractivity (Wildman–Crippen MR) is 137 cm³/mol. The van der Waals surface area contributed by atoms with Crippen LogP contribution < -0.4 is 10.2 Å². The molecule has 1 aliphatic heterocycles. The number of nitrogens with one attached hydrogen (secondary N) is 1. The van der Waals surface area contributed by atoms with Crippen LogP contribution in [-0.4, -0.2) is 11.8 Å². The Labute approximate surface area is 211 Å². The van der Waals surface area contributed by atoms with Gasteiger partial charge in [0.2, 0.25) is 0 Å². The van der Waals surface area contributed by atoms with Crippen molar-refractivity contribution in [3.05, 3.63) is 98.8 Å². The van der Waals surface area contributed by atoms with Crippen molar-refractivity contribution in [3.63, 3.8) is 0 Å². The number of unbranched alkanes of at least 4 members (excludes halogenated alkanes) is 1. The van der Waals surface area contributed by atoms with Gasteiger partial charge < -0.3 is 5.32 Å². The molecular formula is C26H21Cl2FN2O2S. The van der Waals surface area contributed by atoms with Crippen LogP contribution in [0.1, 0.15) is 25.3 Å². The highest BCUT2D eigenvalue weighted by molar-refractivity contribution is 8.04. The van der Waals surface area contributed by atoms with Gasteiger partial charge in [0.05, 0.1) is 10.7 Å². The normalized spacial score (nSPS) is 13.7. The summed E-state index contributed by atoms with van der Waals surface area (Å²) in [5.41, 5.74) is 2.13. The predicted octanol–water partition coefficient (Wildman–Crippen LogP) is 7.46. The molecule has 0 bridgehead atoms. The molecule has 4 nitrogen and oxygen atoms in total. The van der Waals surface area contributed by atoms with Crippen molar-refractivity contribution in [2.75, 3.05) is 10.2 Å². The molecule has 0 saturated heterocycles. The van der Waals surface area contributed by atoms with E-state index in [1.165, 1.54) is 18.2 Å². The lowest BCUT2D eigenvalue weighted by Gasteiger charge is -2.16. The maximum Gasteiger partial charge on any atom is 0.283 e. The Morgan fingerprint density at radius 1 is 0.941 bits per heavy atom. The molecule has 3 aromatic carbocycles. The van der Waals surface area contributed by atoms with Gasteiger partial charge in [0.15, 0.2) is 0 Å². The second kappa shape index (κ2) is 10.6. The molecule has 0 radical (unpaired) electrons. The van der Waals surface area contributed by atoms with E-state index in [-0.39, 0.29) is 15.6 Å². The minimum absolute atomic E-state index is 0.0891. The van der Waals surface area contributed by atoms with E-state index in [4.69, 9.17) is 23.2 Å². The molecule has 0 saturated carbocycles. The highest BCUT2D eigenvalue weighted by Crippen LogP contribution is 2.38. The van der Waals surface area contributed by atoms with Crippen LogP contribution in [0.4, 0.5) is 15.8 Å². The summed E-state index contributed by atoms with van der Waals surface area (Å²) >= 11 is 13.1. The van der Waals surface area contributed by atoms with E-state index >= 15 is 0 Å². The lowest BCUT2D eigenvalue weighted by atomic mass is 10.1. The number of imide groups is 1. The van der Waals surface area contributed by atoms with Gasteiger partial charge in [-0.2, -0.15) is 0 Å². The lowest BCUT2D eigenvalue weighted by molar-refractivity contribution is -0.120. The first-order valence-corrected chi connectivity index (χ1v) is 12.3. The number of thioether (sulfide) groups is 1. The van der Waals surface area contributed by atoms with Crippen LogP contribution in [0.25, 0.3) is 0 Å². The monoisotopic (exact) mass is 514 g/mol. The molecule has 8 heteroatoms. The summed E-state index contributed by atoms with van der Waals surface area (Å²) in [5.74, 6) is -1.51. The maximum absolute atomic E-state index is 13.6. The molecule has 0 atom stereocenters. The maximum atomic E-state index is 13.6. The highest BCUT2D eigenvalue weighted by Gasteiger charge is 2.40. The molecule has 174 valence electrons. The molecule has 1 aliphatic rings. The van der Waals surface area contributed by atoms with Gasteiger partial charge in [-0.15, -0.1) is 0 Å². The fraction of sp³-hybridized carbons (Fsp3) is 0.154. The van der Waals surface area contributed by atoms with Crippen molar-refractivity contribution >= 4 is 58.2 Å². The van der Waals surface area contributed by atoms with Crippen molar-refractivity contribution in [2.45, 2.75) is 31.1 Å². The number of benzene rings is 3. The van der Waals surface area contributed by atoms with Gasteiger partial charge in [-0.05, 0) is 73.0 Å². The van der Waals surface area contributed by atoms with Crippen molar-refractivity contribution in [3.8, 4) is 0 Å². The minimum atomic E-state index is -0.574. The second-order valence-corrected chi connectivity index (χ2v) is 9.66. The van der Waals surface area contributed by atoms with Crippen LogP contribution in [0.3, 0.4) is 0 Å². The summed E-state index contributed by atoms with van der Waals surface area (Å²) in [4.78, 5) is 29.0. The number of anilines is 2. The third kappa shape index (κ3) is 5.30. The number of amides is 2. The van der Waals surface area contributed by atoms with Gasteiger partial charge in [-0.1, -0.05) is 60.4 Å². The van der Waals surface area contributed by atoms with Crippen LogP contribution in [0, 0.1) is 5.82 Å². The summed E-state index contributed by atoms with van der Waals surface area (Å²) in [6, 6.07) is 18.4. The molecule has 34 heavy (non-hydrogen) atoms. The van der Waals surface area contributed by atoms with Gasteiger partial charge >= 0.3 is 0 Å². The van der Waals surface area contributed by atoms with Crippen molar-refractivity contribution in [1.82, 2.24) is 0 Å². The number of aryl methyl sites for hydroxylation is 1. The van der Waals surface area contributed by atoms with Crippen molar-refractivity contribution in [2.24, 2.45) is 0 Å². The van der Waals surface area contributed by atoms with Gasteiger partial charge in [-0.3, -0.25) is 9.59 Å². The third-order valence-corrected chi connectivity index (χ3v) is 6.91. The number of halogens is 3. The summed E-state index contributed by atoms with van der Waals surface area (Å²) in [5, 5.41) is 3.46. The van der Waals surface area contributed by atoms with E-state index in [1.807, 2.05) is 12.1 Å². The van der Waals surface area contributed by atoms with Crippen LogP contribution in [-0.2, 0) is 16.0 Å². The molecule has 0 fully saturated rings. The quantitative estimate of drug-likeness (QED) is 0.317. The number of carbonyl (C=O) groups is 2. The second-order valence-electron chi connectivity index (χ2n) is 7.73. The first-order valence-electron chi connectivity index (χ1n) is 10.7. The van der Waals surface area contributed by atoms with E-state index in [0.717, 1.165) is 46.4 Å². The Balaban J connectivity index is 1.68. The molecule has 3 aromatic rings. The summed E-state index contributed by atoms with van der Waals surface area (Å²) in [7, 11) is 0. The fourth-order valence-corrected chi connectivity index (χ4v) is 4.71. The molecule has 2 amide bonds. The number of hydrogen-bond donors (Lipinski definition) is 1. The zero-order valence-corrected chi connectivity index (χ0v) is 20.6. The van der Waals surface area contributed by atoms with E-state index < -0.39 is 17.6 Å². The molecule has 0 aromatic heterocycles. The summed E-state index contributed by atoms with van der Waals surface area (Å²) in [6.07, 6.45) is 3.09. The van der Waals surface area contributed by atoms with E-state index in [9.17, 15) is 14.0 Å². The van der Waals surface area contributed by atoms with E-state index in [0.29, 0.717) is 16.4 Å². The molecule has 0 unspecified atom stereocenters. The SMILES string of the molecule is CCCCc1ccc(N2C(=O)C(Nc3ccc(F)c(Cl)c3)=C(Sc3ccc(Cl)cc3)C2=O)cc1. The van der Waals surface area contributed by atoms with E-state index in [2.05, 4.69) is 12.2 Å². The van der Waals surface area contributed by atoms with Crippen LogP contribution >= 0.6 is 35.0 Å². The van der Waals surface area contributed by atoms with Gasteiger partial charge in [0, 0.05) is 15.6 Å². The third-order valence-electron chi connectivity index (χ3n) is 5.28. The topological polar surface area (TPSA) is 49.4 Å². The highest BCUT2D eigenvalue weighted by atomic mass is 35.5. The van der Waals surface area contributed by atoms with Gasteiger partial charge in [0.25, 0.3) is 11.8 Å². The molecule has 0 spiro atoms. The molecule has 0 aliphatic carbocycles. The zero-order chi connectivity index (χ0) is 24.2. The minimum Gasteiger partial charge on any atom is -0.350 e. The Kier molecular flexibility index (Phi) is 7.61. The Morgan fingerprint density at radius 2 is 1.65 bits per heavy atom. The zero-order valence-electron chi connectivity index (χ0n) is 18.3. The number of carbonyl (C=O) groups excluding carboxylic acids is 2. The van der Waals surface area contributed by atoms with Gasteiger partial charge in [-0.25, -0.2) is 9.29 Å². The average molecular weight is 515 g/mol. The van der Waals surface area contributed by atoms with Crippen molar-refractivity contribution < 1.29 is 14.0 Å². The number of hydrogen-bond acceptors (Lipinski definition) is 4. The standard InChI is InChI=1S/C26H21Cl2FN2O2S/c1-2-3-4-16-5-10-19(11-6-16)31-25(32)23(30-18-9-14-22(29)21(28)15-18)24(26(31)33)34-20-12-7-17(27)8-13-20/h5-15,30H,2-4H2,1H3. The lowest BCUT2D eigenvalue weighted by Crippen LogP contribution is -2.32. The molecule has 1 heterocycles. The molecule has 1 N–H and O–H groups in total. The first-order chi connectivity index (χ1) is 16.4. The van der Waals surface area contributed by atoms with Gasteiger partial charge in [0.1, 0.15) is 16.4 Å².